The number of hydrogen-bond acceptors (Lipinski definition) is 3. The maximum absolute atomic E-state index is 13.4. The molecule has 0 bridgehead atoms. The summed E-state index contributed by atoms with van der Waals surface area (Å²) in [5.41, 5.74) is 6.73. The molecule has 2 aliphatic rings. The van der Waals surface area contributed by atoms with E-state index in [1.165, 1.54) is 28.8 Å². The maximum Gasteiger partial charge on any atom is 0.213 e. The molecule has 140 valence electrons. The fraction of sp³-hybridized carbons (Fsp3) is 0.208. The lowest BCUT2D eigenvalue weighted by molar-refractivity contribution is -0.0190. The van der Waals surface area contributed by atoms with Crippen molar-refractivity contribution in [2.45, 2.75) is 32.5 Å². The number of hydrogen-bond donors (Lipinski definition) is 0. The molecule has 0 aliphatic carbocycles. The zero-order valence-electron chi connectivity index (χ0n) is 15.9. The molecular formula is C24H21FN2O. The Morgan fingerprint density at radius 3 is 2.61 bits per heavy atom. The quantitative estimate of drug-likeness (QED) is 0.578. The van der Waals surface area contributed by atoms with Crippen LogP contribution in [0.5, 0.6) is 5.75 Å². The van der Waals surface area contributed by atoms with Crippen LogP contribution < -0.4 is 4.74 Å². The van der Waals surface area contributed by atoms with Crippen LogP contribution in [0.25, 0.3) is 0 Å². The third-order valence-electron chi connectivity index (χ3n) is 5.56. The molecule has 3 aromatic rings. The van der Waals surface area contributed by atoms with Crippen molar-refractivity contribution in [1.29, 1.82) is 0 Å². The summed E-state index contributed by atoms with van der Waals surface area (Å²) in [6, 6.07) is 21.2. The second-order valence-corrected chi connectivity index (χ2v) is 7.52. The number of ether oxygens (including phenoxy) is 1. The molecule has 0 fully saturated rings. The molecule has 4 heteroatoms. The van der Waals surface area contributed by atoms with Crippen molar-refractivity contribution < 1.29 is 9.13 Å². The molecule has 2 aliphatic heterocycles. The van der Waals surface area contributed by atoms with Crippen LogP contribution in [0.3, 0.4) is 0 Å². The predicted octanol–water partition coefficient (Wildman–Crippen LogP) is 5.68. The maximum atomic E-state index is 13.4. The number of nitrogens with zero attached hydrogens (tertiary/aromatic N) is 2. The molecule has 28 heavy (non-hydrogen) atoms. The van der Waals surface area contributed by atoms with Crippen LogP contribution in [0.1, 0.15) is 46.5 Å². The largest absolute Gasteiger partial charge is 0.464 e. The monoisotopic (exact) mass is 372 g/mol. The predicted molar refractivity (Wildman–Crippen MR) is 108 cm³/mol. The van der Waals surface area contributed by atoms with Gasteiger partial charge in [0.15, 0.2) is 0 Å². The number of rotatable bonds is 2. The van der Waals surface area contributed by atoms with Crippen molar-refractivity contribution in [1.82, 2.24) is 5.01 Å². The zero-order valence-corrected chi connectivity index (χ0v) is 15.9. The molecule has 3 aromatic carbocycles. The normalized spacial score (nSPS) is 20.2. The van der Waals surface area contributed by atoms with Gasteiger partial charge in [0.2, 0.25) is 6.23 Å². The van der Waals surface area contributed by atoms with E-state index in [2.05, 4.69) is 38.1 Å². The average molecular weight is 372 g/mol. The molecular weight excluding hydrogens is 351 g/mol. The second-order valence-electron chi connectivity index (χ2n) is 7.52. The molecule has 0 amide bonds. The SMILES string of the molecule is Cc1ccc(C)c(C2=NN3[C@@H](c4ccc(F)cc4)Oc4ccccc4[C@@H]3C2)c1. The topological polar surface area (TPSA) is 24.8 Å². The Hall–Kier alpha value is -3.14. The minimum absolute atomic E-state index is 0.106. The van der Waals surface area contributed by atoms with Gasteiger partial charge in [-0.05, 0) is 43.7 Å². The van der Waals surface area contributed by atoms with Crippen molar-refractivity contribution in [3.63, 3.8) is 0 Å². The lowest BCUT2D eigenvalue weighted by Crippen LogP contribution is -2.33. The molecule has 0 unspecified atom stereocenters. The Bertz CT molecular complexity index is 1070. The van der Waals surface area contributed by atoms with Crippen molar-refractivity contribution in [3.8, 4) is 5.75 Å². The second kappa shape index (κ2) is 6.48. The van der Waals surface area contributed by atoms with Crippen molar-refractivity contribution in [3.05, 3.63) is 100 Å². The van der Waals surface area contributed by atoms with E-state index in [4.69, 9.17) is 9.84 Å². The van der Waals surface area contributed by atoms with E-state index in [1.807, 2.05) is 23.2 Å². The third-order valence-corrected chi connectivity index (χ3v) is 5.56. The van der Waals surface area contributed by atoms with Gasteiger partial charge in [0, 0.05) is 23.1 Å². The van der Waals surface area contributed by atoms with E-state index >= 15 is 0 Å². The van der Waals surface area contributed by atoms with Crippen molar-refractivity contribution in [2.75, 3.05) is 0 Å². The molecule has 0 radical (unpaired) electrons. The summed E-state index contributed by atoms with van der Waals surface area (Å²) in [5.74, 6) is 0.619. The Balaban J connectivity index is 1.61. The number of halogens is 1. The highest BCUT2D eigenvalue weighted by molar-refractivity contribution is 6.03. The smallest absolute Gasteiger partial charge is 0.213 e. The molecule has 3 nitrogen and oxygen atoms in total. The van der Waals surface area contributed by atoms with Gasteiger partial charge in [-0.15, -0.1) is 0 Å². The Labute approximate surface area is 164 Å². The summed E-state index contributed by atoms with van der Waals surface area (Å²) < 4.78 is 19.8. The summed E-state index contributed by atoms with van der Waals surface area (Å²) in [4.78, 5) is 0. The third kappa shape index (κ3) is 2.76. The average Bonchev–Trinajstić information content (AvgIpc) is 3.15. The van der Waals surface area contributed by atoms with E-state index in [-0.39, 0.29) is 18.1 Å². The number of para-hydroxylation sites is 1. The molecule has 2 atom stereocenters. The Kier molecular flexibility index (Phi) is 3.93. The number of hydrazone groups is 1. The summed E-state index contributed by atoms with van der Waals surface area (Å²) in [5, 5.41) is 7.03. The molecule has 2 heterocycles. The van der Waals surface area contributed by atoms with Crippen molar-refractivity contribution >= 4 is 5.71 Å². The minimum atomic E-state index is -0.372. The molecule has 0 aromatic heterocycles. The fourth-order valence-corrected chi connectivity index (χ4v) is 4.09. The zero-order chi connectivity index (χ0) is 19.3. The molecule has 0 N–H and O–H groups in total. The van der Waals surface area contributed by atoms with Crippen LogP contribution in [0, 0.1) is 19.7 Å². The van der Waals surface area contributed by atoms with Gasteiger partial charge in [0.1, 0.15) is 11.6 Å². The highest BCUT2D eigenvalue weighted by Crippen LogP contribution is 2.47. The van der Waals surface area contributed by atoms with Crippen LogP contribution in [0.15, 0.2) is 71.8 Å². The van der Waals surface area contributed by atoms with Crippen LogP contribution >= 0.6 is 0 Å². The van der Waals surface area contributed by atoms with Gasteiger partial charge < -0.3 is 4.74 Å². The summed E-state index contributed by atoms with van der Waals surface area (Å²) in [7, 11) is 0. The van der Waals surface area contributed by atoms with Gasteiger partial charge in [-0.1, -0.05) is 48.0 Å². The standard InChI is InChI=1S/C24H21FN2O/c1-15-7-8-16(2)20(13-15)21-14-22-19-5-3-4-6-23(19)28-24(27(22)26-21)17-9-11-18(25)12-10-17/h3-13,22,24H,14H2,1-2H3/t22-,24+/m0/s1. The number of aryl methyl sites for hydroxylation is 2. The van der Waals surface area contributed by atoms with E-state index in [1.54, 1.807) is 12.1 Å². The fourth-order valence-electron chi connectivity index (χ4n) is 4.09. The van der Waals surface area contributed by atoms with Gasteiger partial charge in [-0.2, -0.15) is 5.10 Å². The van der Waals surface area contributed by atoms with E-state index in [9.17, 15) is 4.39 Å². The highest BCUT2D eigenvalue weighted by atomic mass is 19.1. The van der Waals surface area contributed by atoms with Crippen LogP contribution in [-0.2, 0) is 0 Å². The summed E-state index contributed by atoms with van der Waals surface area (Å²) >= 11 is 0. The minimum Gasteiger partial charge on any atom is -0.464 e. The van der Waals surface area contributed by atoms with E-state index < -0.39 is 0 Å². The van der Waals surface area contributed by atoms with Crippen LogP contribution in [0.4, 0.5) is 4.39 Å². The first-order valence-electron chi connectivity index (χ1n) is 9.54. The molecule has 0 saturated carbocycles. The van der Waals surface area contributed by atoms with Crippen LogP contribution in [0.2, 0.25) is 0 Å². The lowest BCUT2D eigenvalue weighted by Gasteiger charge is -2.38. The first-order chi connectivity index (χ1) is 13.6. The summed E-state index contributed by atoms with van der Waals surface area (Å²) in [6.07, 6.45) is 0.450. The first kappa shape index (κ1) is 17.0. The van der Waals surface area contributed by atoms with Gasteiger partial charge in [-0.3, -0.25) is 0 Å². The van der Waals surface area contributed by atoms with Crippen molar-refractivity contribution in [2.24, 2.45) is 5.10 Å². The highest BCUT2D eigenvalue weighted by Gasteiger charge is 2.41. The van der Waals surface area contributed by atoms with Gasteiger partial charge in [0.05, 0.1) is 11.8 Å². The molecule has 0 saturated heterocycles. The molecule has 5 rings (SSSR count). The van der Waals surface area contributed by atoms with Gasteiger partial charge >= 0.3 is 0 Å². The Morgan fingerprint density at radius 1 is 1.00 bits per heavy atom. The van der Waals surface area contributed by atoms with Crippen LogP contribution in [-0.4, -0.2) is 10.7 Å². The number of fused-ring (bicyclic) bond motifs is 3. The Morgan fingerprint density at radius 2 is 1.79 bits per heavy atom. The van der Waals surface area contributed by atoms with E-state index in [0.717, 1.165) is 29.0 Å². The van der Waals surface area contributed by atoms with Gasteiger partial charge in [0.25, 0.3) is 0 Å². The first-order valence-corrected chi connectivity index (χ1v) is 9.54. The number of benzene rings is 3. The lowest BCUT2D eigenvalue weighted by atomic mass is 9.93. The molecule has 0 spiro atoms. The summed E-state index contributed by atoms with van der Waals surface area (Å²) in [6.45, 7) is 4.22. The van der Waals surface area contributed by atoms with E-state index in [0.29, 0.717) is 0 Å². The van der Waals surface area contributed by atoms with Gasteiger partial charge in [-0.25, -0.2) is 9.40 Å².